The average Bonchev–Trinajstić information content (AvgIpc) is 2.92. The van der Waals surface area contributed by atoms with Crippen LogP contribution in [0.25, 0.3) is 0 Å². The highest BCUT2D eigenvalue weighted by atomic mass is 35.5. The standard InChI is InChI=1S/C21H29ClN2O2/c1-20(2)15-10-11-21(20,3)17(13-15)24-18(25)5-4-12-23-19(26)14-6-8-16(22)9-7-14/h6-9,15,17H,4-5,10-13H2,1-3H3,(H,23,26)(H,24,25). The number of amides is 2. The van der Waals surface area contributed by atoms with Gasteiger partial charge in [0.25, 0.3) is 5.91 Å². The van der Waals surface area contributed by atoms with Crippen molar-refractivity contribution in [3.8, 4) is 0 Å². The summed E-state index contributed by atoms with van der Waals surface area (Å²) in [5.74, 6) is 0.682. The van der Waals surface area contributed by atoms with Gasteiger partial charge in [-0.05, 0) is 66.7 Å². The maximum atomic E-state index is 12.3. The number of carbonyl (C=O) groups excluding carboxylic acids is 2. The first-order valence-electron chi connectivity index (χ1n) is 9.57. The van der Waals surface area contributed by atoms with Crippen molar-refractivity contribution in [3.63, 3.8) is 0 Å². The van der Waals surface area contributed by atoms with E-state index >= 15 is 0 Å². The summed E-state index contributed by atoms with van der Waals surface area (Å²) in [5.41, 5.74) is 1.09. The topological polar surface area (TPSA) is 58.2 Å². The first-order chi connectivity index (χ1) is 12.2. The largest absolute Gasteiger partial charge is 0.353 e. The van der Waals surface area contributed by atoms with Gasteiger partial charge in [0.1, 0.15) is 0 Å². The predicted molar refractivity (Wildman–Crippen MR) is 104 cm³/mol. The molecule has 2 bridgehead atoms. The third-order valence-corrected chi connectivity index (χ3v) is 7.35. The molecular formula is C21H29ClN2O2. The van der Waals surface area contributed by atoms with Crippen LogP contribution in [0.5, 0.6) is 0 Å². The minimum Gasteiger partial charge on any atom is -0.353 e. The van der Waals surface area contributed by atoms with Crippen molar-refractivity contribution in [2.75, 3.05) is 6.54 Å². The van der Waals surface area contributed by atoms with Crippen molar-refractivity contribution in [1.29, 1.82) is 0 Å². The fourth-order valence-corrected chi connectivity index (χ4v) is 4.97. The van der Waals surface area contributed by atoms with Crippen LogP contribution < -0.4 is 10.6 Å². The molecule has 2 fully saturated rings. The Balaban J connectivity index is 1.40. The van der Waals surface area contributed by atoms with E-state index in [2.05, 4.69) is 31.4 Å². The molecule has 4 nitrogen and oxygen atoms in total. The van der Waals surface area contributed by atoms with Crippen LogP contribution in [0.2, 0.25) is 5.02 Å². The van der Waals surface area contributed by atoms with Crippen molar-refractivity contribution < 1.29 is 9.59 Å². The highest BCUT2D eigenvalue weighted by Crippen LogP contribution is 2.65. The highest BCUT2D eigenvalue weighted by molar-refractivity contribution is 6.30. The smallest absolute Gasteiger partial charge is 0.251 e. The SMILES string of the molecule is CC1(C)C2CCC1(C)C(NC(=O)CCCNC(=O)c1ccc(Cl)cc1)C2. The van der Waals surface area contributed by atoms with Crippen LogP contribution in [0.15, 0.2) is 24.3 Å². The van der Waals surface area contributed by atoms with Crippen LogP contribution in [0, 0.1) is 16.7 Å². The maximum absolute atomic E-state index is 12.3. The van der Waals surface area contributed by atoms with Crippen molar-refractivity contribution in [2.45, 2.75) is 58.9 Å². The summed E-state index contributed by atoms with van der Waals surface area (Å²) in [5, 5.41) is 6.73. The third-order valence-electron chi connectivity index (χ3n) is 7.10. The first kappa shape index (κ1) is 19.2. The van der Waals surface area contributed by atoms with Crippen LogP contribution >= 0.6 is 11.6 Å². The van der Waals surface area contributed by atoms with Gasteiger partial charge in [-0.3, -0.25) is 9.59 Å². The van der Waals surface area contributed by atoms with E-state index in [4.69, 9.17) is 11.6 Å². The van der Waals surface area contributed by atoms with Gasteiger partial charge in [-0.25, -0.2) is 0 Å². The molecule has 0 radical (unpaired) electrons. The number of benzene rings is 1. The highest BCUT2D eigenvalue weighted by Gasteiger charge is 2.61. The van der Waals surface area contributed by atoms with Gasteiger partial charge in [0.15, 0.2) is 0 Å². The number of rotatable bonds is 6. The molecule has 26 heavy (non-hydrogen) atoms. The van der Waals surface area contributed by atoms with Gasteiger partial charge in [-0.2, -0.15) is 0 Å². The second-order valence-corrected chi connectivity index (χ2v) is 9.03. The summed E-state index contributed by atoms with van der Waals surface area (Å²) >= 11 is 5.82. The lowest BCUT2D eigenvalue weighted by Crippen LogP contribution is -2.46. The van der Waals surface area contributed by atoms with Gasteiger partial charge >= 0.3 is 0 Å². The third kappa shape index (κ3) is 3.48. The molecule has 3 rings (SSSR count). The second kappa shape index (κ2) is 7.22. The molecule has 2 N–H and O–H groups in total. The Kier molecular flexibility index (Phi) is 5.34. The number of fused-ring (bicyclic) bond motifs is 2. The predicted octanol–water partition coefficient (Wildman–Crippen LogP) is 4.18. The van der Waals surface area contributed by atoms with E-state index in [0.717, 1.165) is 12.3 Å². The fraction of sp³-hybridized carbons (Fsp3) is 0.619. The molecule has 0 aromatic heterocycles. The average molecular weight is 377 g/mol. The lowest BCUT2D eigenvalue weighted by molar-refractivity contribution is -0.122. The quantitative estimate of drug-likeness (QED) is 0.731. The molecule has 1 aromatic carbocycles. The van der Waals surface area contributed by atoms with Gasteiger partial charge in [0.05, 0.1) is 0 Å². The fourth-order valence-electron chi connectivity index (χ4n) is 4.84. The summed E-state index contributed by atoms with van der Waals surface area (Å²) in [4.78, 5) is 24.4. The molecule has 2 aliphatic carbocycles. The summed E-state index contributed by atoms with van der Waals surface area (Å²) in [6.45, 7) is 7.52. The number of nitrogens with one attached hydrogen (secondary N) is 2. The molecule has 0 spiro atoms. The van der Waals surface area contributed by atoms with E-state index in [1.165, 1.54) is 12.8 Å². The molecule has 142 valence electrons. The molecular weight excluding hydrogens is 348 g/mol. The van der Waals surface area contributed by atoms with Crippen LogP contribution in [-0.2, 0) is 4.79 Å². The summed E-state index contributed by atoms with van der Waals surface area (Å²) < 4.78 is 0. The second-order valence-electron chi connectivity index (χ2n) is 8.60. The molecule has 3 unspecified atom stereocenters. The molecule has 2 amide bonds. The van der Waals surface area contributed by atoms with Crippen molar-refractivity contribution in [2.24, 2.45) is 16.7 Å². The summed E-state index contributed by atoms with van der Waals surface area (Å²) in [7, 11) is 0. The van der Waals surface area contributed by atoms with E-state index in [1.54, 1.807) is 24.3 Å². The molecule has 2 aliphatic rings. The van der Waals surface area contributed by atoms with E-state index in [0.29, 0.717) is 35.4 Å². The monoisotopic (exact) mass is 376 g/mol. The molecule has 3 atom stereocenters. The van der Waals surface area contributed by atoms with Crippen LogP contribution in [0.4, 0.5) is 0 Å². The Labute approximate surface area is 161 Å². The van der Waals surface area contributed by atoms with E-state index in [9.17, 15) is 9.59 Å². The molecule has 0 heterocycles. The molecule has 0 saturated heterocycles. The maximum Gasteiger partial charge on any atom is 0.251 e. The van der Waals surface area contributed by atoms with E-state index in [-0.39, 0.29) is 23.3 Å². The summed E-state index contributed by atoms with van der Waals surface area (Å²) in [6, 6.07) is 7.07. The van der Waals surface area contributed by atoms with Gasteiger partial charge in [-0.1, -0.05) is 32.4 Å². The molecule has 2 saturated carbocycles. The van der Waals surface area contributed by atoms with Crippen LogP contribution in [0.3, 0.4) is 0 Å². The number of hydrogen-bond acceptors (Lipinski definition) is 2. The Morgan fingerprint density at radius 2 is 1.88 bits per heavy atom. The molecule has 0 aliphatic heterocycles. The lowest BCUT2D eigenvalue weighted by atomic mass is 9.69. The Morgan fingerprint density at radius 3 is 2.46 bits per heavy atom. The Bertz CT molecular complexity index is 686. The van der Waals surface area contributed by atoms with E-state index in [1.807, 2.05) is 0 Å². The minimum absolute atomic E-state index is 0.0975. The van der Waals surface area contributed by atoms with Crippen molar-refractivity contribution in [3.05, 3.63) is 34.9 Å². The van der Waals surface area contributed by atoms with Gasteiger partial charge < -0.3 is 10.6 Å². The zero-order valence-electron chi connectivity index (χ0n) is 15.9. The first-order valence-corrected chi connectivity index (χ1v) is 9.95. The zero-order chi connectivity index (χ0) is 18.9. The minimum atomic E-state index is -0.135. The number of halogens is 1. The Morgan fingerprint density at radius 1 is 1.19 bits per heavy atom. The van der Waals surface area contributed by atoms with Crippen molar-refractivity contribution >= 4 is 23.4 Å². The van der Waals surface area contributed by atoms with Gasteiger partial charge in [0, 0.05) is 29.6 Å². The van der Waals surface area contributed by atoms with Crippen LogP contribution in [-0.4, -0.2) is 24.4 Å². The lowest BCUT2D eigenvalue weighted by Gasteiger charge is -2.39. The normalized spacial score (nSPS) is 28.8. The number of carbonyl (C=O) groups is 2. The van der Waals surface area contributed by atoms with Gasteiger partial charge in [0.2, 0.25) is 5.91 Å². The zero-order valence-corrected chi connectivity index (χ0v) is 16.7. The summed E-state index contributed by atoms with van der Waals surface area (Å²) in [6.07, 6.45) is 4.67. The van der Waals surface area contributed by atoms with E-state index < -0.39 is 0 Å². The van der Waals surface area contributed by atoms with Crippen molar-refractivity contribution in [1.82, 2.24) is 10.6 Å². The molecule has 1 aromatic rings. The number of hydrogen-bond donors (Lipinski definition) is 2. The van der Waals surface area contributed by atoms with Crippen LogP contribution in [0.1, 0.15) is 63.2 Å². The Hall–Kier alpha value is -1.55. The van der Waals surface area contributed by atoms with Gasteiger partial charge in [-0.15, -0.1) is 0 Å². The molecule has 5 heteroatoms.